The first-order valence-electron chi connectivity index (χ1n) is 7.93. The third-order valence-electron chi connectivity index (χ3n) is 3.71. The Morgan fingerprint density at radius 2 is 1.85 bits per heavy atom. The lowest BCUT2D eigenvalue weighted by Gasteiger charge is -2.14. The first-order valence-corrected chi connectivity index (χ1v) is 9.15. The van der Waals surface area contributed by atoms with Crippen LogP contribution in [-0.4, -0.2) is 32.7 Å². The van der Waals surface area contributed by atoms with Crippen LogP contribution in [0.2, 0.25) is 0 Å². The van der Waals surface area contributed by atoms with Crippen molar-refractivity contribution in [1.82, 2.24) is 4.90 Å². The maximum absolute atomic E-state index is 12.5. The van der Waals surface area contributed by atoms with Crippen LogP contribution < -0.4 is 5.32 Å². The molecule has 2 N–H and O–H groups in total. The normalized spacial score (nSPS) is 15.5. The van der Waals surface area contributed by atoms with Gasteiger partial charge in [0.15, 0.2) is 0 Å². The molecule has 2 amide bonds. The van der Waals surface area contributed by atoms with Gasteiger partial charge in [-0.3, -0.25) is 14.5 Å². The van der Waals surface area contributed by atoms with Gasteiger partial charge in [0.25, 0.3) is 5.91 Å². The highest BCUT2D eigenvalue weighted by Crippen LogP contribution is 2.32. The molecule has 0 atom stereocenters. The van der Waals surface area contributed by atoms with Crippen LogP contribution in [0, 0.1) is 0 Å². The molecule has 1 aliphatic heterocycles. The molecule has 1 fully saturated rings. The number of hydrogen-bond donors (Lipinski definition) is 2. The van der Waals surface area contributed by atoms with Crippen LogP contribution in [0.1, 0.15) is 12.0 Å². The largest absolute Gasteiger partial charge is 0.506 e. The van der Waals surface area contributed by atoms with Crippen molar-refractivity contribution in [3.05, 3.63) is 65.1 Å². The Kier molecular flexibility index (Phi) is 5.70. The molecular formula is C19H16N2O3S2. The van der Waals surface area contributed by atoms with Crippen LogP contribution in [0.25, 0.3) is 6.08 Å². The third-order valence-corrected chi connectivity index (χ3v) is 5.09. The fourth-order valence-electron chi connectivity index (χ4n) is 2.40. The summed E-state index contributed by atoms with van der Waals surface area (Å²) in [5.41, 5.74) is 1.26. The minimum atomic E-state index is -0.299. The SMILES string of the molecule is O=C(CCN1C(=O)/C(=C/c2ccccc2)SC1=S)Nc1ccccc1O. The van der Waals surface area contributed by atoms with E-state index in [4.69, 9.17) is 12.2 Å². The van der Waals surface area contributed by atoms with Gasteiger partial charge in [-0.15, -0.1) is 0 Å². The molecule has 5 nitrogen and oxygen atoms in total. The standard InChI is InChI=1S/C19H16N2O3S2/c22-15-9-5-4-8-14(15)20-17(23)10-11-21-18(24)16(26-19(21)25)12-13-6-2-1-3-7-13/h1-9,12,22H,10-11H2,(H,20,23)/b16-12-. The number of hydrogen-bond acceptors (Lipinski definition) is 5. The highest BCUT2D eigenvalue weighted by atomic mass is 32.2. The number of nitrogens with one attached hydrogen (secondary N) is 1. The minimum absolute atomic E-state index is 0.00254. The maximum Gasteiger partial charge on any atom is 0.266 e. The first-order chi connectivity index (χ1) is 12.5. The van der Waals surface area contributed by atoms with E-state index >= 15 is 0 Å². The highest BCUT2D eigenvalue weighted by molar-refractivity contribution is 8.26. The van der Waals surface area contributed by atoms with Gasteiger partial charge in [-0.2, -0.15) is 0 Å². The Balaban J connectivity index is 1.61. The fraction of sp³-hybridized carbons (Fsp3) is 0.105. The summed E-state index contributed by atoms with van der Waals surface area (Å²) in [5, 5.41) is 12.3. The van der Waals surface area contributed by atoms with Crippen molar-refractivity contribution in [2.75, 3.05) is 11.9 Å². The van der Waals surface area contributed by atoms with Crippen molar-refractivity contribution < 1.29 is 14.7 Å². The van der Waals surface area contributed by atoms with Gasteiger partial charge in [0.2, 0.25) is 5.91 Å². The Hall–Kier alpha value is -2.64. The van der Waals surface area contributed by atoms with Gasteiger partial charge in [0.05, 0.1) is 10.6 Å². The molecule has 0 aliphatic carbocycles. The lowest BCUT2D eigenvalue weighted by atomic mass is 10.2. The Labute approximate surface area is 160 Å². The van der Waals surface area contributed by atoms with Crippen molar-refractivity contribution in [3.8, 4) is 5.75 Å². The summed E-state index contributed by atoms with van der Waals surface area (Å²) >= 11 is 6.50. The van der Waals surface area contributed by atoms with Gasteiger partial charge >= 0.3 is 0 Å². The van der Waals surface area contributed by atoms with Crippen LogP contribution in [0.4, 0.5) is 5.69 Å². The summed E-state index contributed by atoms with van der Waals surface area (Å²) in [6.45, 7) is 0.191. The minimum Gasteiger partial charge on any atom is -0.506 e. The van der Waals surface area contributed by atoms with Crippen LogP contribution in [0.5, 0.6) is 5.75 Å². The van der Waals surface area contributed by atoms with Gasteiger partial charge in [-0.1, -0.05) is 66.4 Å². The lowest BCUT2D eigenvalue weighted by Crippen LogP contribution is -2.31. The van der Waals surface area contributed by atoms with Crippen LogP contribution in [-0.2, 0) is 9.59 Å². The Morgan fingerprint density at radius 3 is 2.58 bits per heavy atom. The van der Waals surface area contributed by atoms with Gasteiger partial charge in [0.1, 0.15) is 10.1 Å². The quantitative estimate of drug-likeness (QED) is 0.468. The van der Waals surface area contributed by atoms with Crippen molar-refractivity contribution in [2.24, 2.45) is 0 Å². The van der Waals surface area contributed by atoms with Crippen molar-refractivity contribution in [1.29, 1.82) is 0 Å². The fourth-order valence-corrected chi connectivity index (χ4v) is 3.71. The maximum atomic E-state index is 12.5. The second kappa shape index (κ2) is 8.16. The first kappa shape index (κ1) is 18.2. The van der Waals surface area contributed by atoms with E-state index < -0.39 is 0 Å². The smallest absolute Gasteiger partial charge is 0.266 e. The topological polar surface area (TPSA) is 69.6 Å². The second-order valence-electron chi connectivity index (χ2n) is 5.56. The molecule has 2 aromatic rings. The van der Waals surface area contributed by atoms with Gasteiger partial charge in [-0.25, -0.2) is 0 Å². The van der Waals surface area contributed by atoms with E-state index in [1.54, 1.807) is 24.3 Å². The molecule has 3 rings (SSSR count). The number of phenols is 1. The van der Waals surface area contributed by atoms with Crippen LogP contribution in [0.15, 0.2) is 59.5 Å². The number of carbonyl (C=O) groups excluding carboxylic acids is 2. The number of thioether (sulfide) groups is 1. The summed E-state index contributed by atoms with van der Waals surface area (Å²) in [4.78, 5) is 26.6. The van der Waals surface area contributed by atoms with Gasteiger partial charge < -0.3 is 10.4 Å². The molecule has 26 heavy (non-hydrogen) atoms. The van der Waals surface area contributed by atoms with E-state index in [9.17, 15) is 14.7 Å². The number of rotatable bonds is 5. The molecule has 0 unspecified atom stereocenters. The number of para-hydroxylation sites is 2. The zero-order valence-electron chi connectivity index (χ0n) is 13.7. The number of amides is 2. The number of phenolic OH excluding ortho intramolecular Hbond substituents is 1. The summed E-state index contributed by atoms with van der Waals surface area (Å²) in [7, 11) is 0. The number of aromatic hydroxyl groups is 1. The predicted octanol–water partition coefficient (Wildman–Crippen LogP) is 3.62. The van der Waals surface area contributed by atoms with Crippen LogP contribution >= 0.6 is 24.0 Å². The Bertz CT molecular complexity index is 881. The number of benzene rings is 2. The summed E-state index contributed by atoms with van der Waals surface area (Å²) in [6.07, 6.45) is 1.88. The second-order valence-corrected chi connectivity index (χ2v) is 7.24. The molecule has 1 heterocycles. The van der Waals surface area contributed by atoms with E-state index in [1.165, 1.54) is 22.7 Å². The molecule has 0 spiro atoms. The van der Waals surface area contributed by atoms with Crippen LogP contribution in [0.3, 0.4) is 0 Å². The van der Waals surface area contributed by atoms with E-state index in [0.29, 0.717) is 14.9 Å². The number of thiocarbonyl (C=S) groups is 1. The molecule has 1 saturated heterocycles. The monoisotopic (exact) mass is 384 g/mol. The average molecular weight is 384 g/mol. The molecule has 7 heteroatoms. The van der Waals surface area contributed by atoms with Crippen molar-refractivity contribution in [2.45, 2.75) is 6.42 Å². The molecule has 0 saturated carbocycles. The zero-order chi connectivity index (χ0) is 18.5. The molecule has 2 aromatic carbocycles. The van der Waals surface area contributed by atoms with Gasteiger partial charge in [0, 0.05) is 13.0 Å². The van der Waals surface area contributed by atoms with E-state index in [-0.39, 0.29) is 30.5 Å². The number of nitrogens with zero attached hydrogens (tertiary/aromatic N) is 1. The van der Waals surface area contributed by atoms with Gasteiger partial charge in [-0.05, 0) is 23.8 Å². The highest BCUT2D eigenvalue weighted by Gasteiger charge is 2.32. The summed E-state index contributed by atoms with van der Waals surface area (Å²) in [5.74, 6) is -0.496. The molecule has 0 bridgehead atoms. The van der Waals surface area contributed by atoms with Crippen molar-refractivity contribution in [3.63, 3.8) is 0 Å². The Morgan fingerprint density at radius 1 is 1.15 bits per heavy atom. The molecule has 0 aromatic heterocycles. The summed E-state index contributed by atoms with van der Waals surface area (Å²) < 4.78 is 0.438. The summed E-state index contributed by atoms with van der Waals surface area (Å²) in [6, 6.07) is 16.0. The van der Waals surface area contributed by atoms with E-state index in [2.05, 4.69) is 5.32 Å². The lowest BCUT2D eigenvalue weighted by molar-refractivity contribution is -0.122. The molecular weight excluding hydrogens is 368 g/mol. The zero-order valence-corrected chi connectivity index (χ0v) is 15.3. The number of carbonyl (C=O) groups is 2. The van der Waals surface area contributed by atoms with E-state index in [1.807, 2.05) is 30.3 Å². The average Bonchev–Trinajstić information content (AvgIpc) is 2.89. The predicted molar refractivity (Wildman–Crippen MR) is 108 cm³/mol. The molecule has 0 radical (unpaired) electrons. The van der Waals surface area contributed by atoms with E-state index in [0.717, 1.165) is 5.56 Å². The number of anilines is 1. The third kappa shape index (κ3) is 4.30. The molecule has 132 valence electrons. The molecule has 1 aliphatic rings. The van der Waals surface area contributed by atoms with Crippen molar-refractivity contribution >= 4 is 51.9 Å².